The normalized spacial score (nSPS) is 12.4. The van der Waals surface area contributed by atoms with E-state index < -0.39 is 0 Å². The standard InChI is InChI=1S/C16H19NS/c1-3-18-14-10-8-13(9-11-14)16(17)15-7-5-4-6-12(15)2/h4-11,16H,3,17H2,1-2H3. The second-order valence-corrected chi connectivity index (χ2v) is 5.67. The van der Waals surface area contributed by atoms with Crippen LogP contribution in [0.2, 0.25) is 0 Å². The molecule has 1 atom stereocenters. The molecule has 2 aromatic rings. The quantitative estimate of drug-likeness (QED) is 0.832. The van der Waals surface area contributed by atoms with Crippen LogP contribution in [0.3, 0.4) is 0 Å². The summed E-state index contributed by atoms with van der Waals surface area (Å²) in [6.45, 7) is 4.27. The molecule has 0 aliphatic rings. The molecule has 0 bridgehead atoms. The van der Waals surface area contributed by atoms with Crippen molar-refractivity contribution >= 4 is 11.8 Å². The van der Waals surface area contributed by atoms with Crippen molar-refractivity contribution in [1.82, 2.24) is 0 Å². The van der Waals surface area contributed by atoms with Gasteiger partial charge in [0.15, 0.2) is 0 Å². The zero-order valence-electron chi connectivity index (χ0n) is 10.9. The van der Waals surface area contributed by atoms with Crippen LogP contribution in [0.5, 0.6) is 0 Å². The maximum atomic E-state index is 6.33. The highest BCUT2D eigenvalue weighted by atomic mass is 32.2. The topological polar surface area (TPSA) is 26.0 Å². The van der Waals surface area contributed by atoms with Gasteiger partial charge in [-0.25, -0.2) is 0 Å². The molecule has 0 saturated carbocycles. The van der Waals surface area contributed by atoms with Gasteiger partial charge in [0, 0.05) is 4.90 Å². The molecule has 0 aliphatic heterocycles. The van der Waals surface area contributed by atoms with Crippen molar-refractivity contribution in [2.75, 3.05) is 5.75 Å². The smallest absolute Gasteiger partial charge is 0.0554 e. The average Bonchev–Trinajstić information content (AvgIpc) is 2.40. The molecule has 1 nitrogen and oxygen atoms in total. The van der Waals surface area contributed by atoms with Crippen LogP contribution in [0, 0.1) is 6.92 Å². The van der Waals surface area contributed by atoms with Gasteiger partial charge in [-0.1, -0.05) is 43.3 Å². The van der Waals surface area contributed by atoms with Crippen molar-refractivity contribution in [3.8, 4) is 0 Å². The van der Waals surface area contributed by atoms with E-state index >= 15 is 0 Å². The molecule has 1 unspecified atom stereocenters. The lowest BCUT2D eigenvalue weighted by Crippen LogP contribution is -2.12. The summed E-state index contributed by atoms with van der Waals surface area (Å²) >= 11 is 1.85. The third-order valence-corrected chi connectivity index (χ3v) is 3.97. The van der Waals surface area contributed by atoms with Crippen LogP contribution in [0.25, 0.3) is 0 Å². The largest absolute Gasteiger partial charge is 0.320 e. The first-order valence-electron chi connectivity index (χ1n) is 6.26. The predicted molar refractivity (Wildman–Crippen MR) is 80.0 cm³/mol. The molecular formula is C16H19NS. The second kappa shape index (κ2) is 6.07. The minimum Gasteiger partial charge on any atom is -0.320 e. The highest BCUT2D eigenvalue weighted by Crippen LogP contribution is 2.25. The summed E-state index contributed by atoms with van der Waals surface area (Å²) in [5, 5.41) is 0. The molecular weight excluding hydrogens is 238 g/mol. The fraction of sp³-hybridized carbons (Fsp3) is 0.250. The van der Waals surface area contributed by atoms with Crippen LogP contribution in [-0.4, -0.2) is 5.75 Å². The highest BCUT2D eigenvalue weighted by molar-refractivity contribution is 7.99. The first-order chi connectivity index (χ1) is 8.72. The molecule has 0 aliphatic carbocycles. The Balaban J connectivity index is 2.23. The van der Waals surface area contributed by atoms with Gasteiger partial charge < -0.3 is 5.73 Å². The summed E-state index contributed by atoms with van der Waals surface area (Å²) in [6, 6.07) is 16.8. The molecule has 2 heteroatoms. The van der Waals surface area contributed by atoms with E-state index in [2.05, 4.69) is 50.2 Å². The summed E-state index contributed by atoms with van der Waals surface area (Å²) in [5.74, 6) is 1.10. The molecule has 2 N–H and O–H groups in total. The fourth-order valence-electron chi connectivity index (χ4n) is 2.05. The SMILES string of the molecule is CCSc1ccc(C(N)c2ccccc2C)cc1. The summed E-state index contributed by atoms with van der Waals surface area (Å²) in [6.07, 6.45) is 0. The Morgan fingerprint density at radius 2 is 1.72 bits per heavy atom. The third kappa shape index (κ3) is 2.95. The number of nitrogens with two attached hydrogens (primary N) is 1. The first kappa shape index (κ1) is 13.2. The Kier molecular flexibility index (Phi) is 4.45. The van der Waals surface area contributed by atoms with Crippen LogP contribution in [0.1, 0.15) is 29.7 Å². The van der Waals surface area contributed by atoms with Crippen molar-refractivity contribution < 1.29 is 0 Å². The van der Waals surface area contributed by atoms with Crippen molar-refractivity contribution in [2.24, 2.45) is 5.73 Å². The van der Waals surface area contributed by atoms with Crippen LogP contribution in [-0.2, 0) is 0 Å². The van der Waals surface area contributed by atoms with Gasteiger partial charge >= 0.3 is 0 Å². The Bertz CT molecular complexity index is 505. The van der Waals surface area contributed by atoms with Crippen molar-refractivity contribution in [1.29, 1.82) is 0 Å². The molecule has 94 valence electrons. The number of hydrogen-bond acceptors (Lipinski definition) is 2. The molecule has 2 aromatic carbocycles. The number of thioether (sulfide) groups is 1. The number of rotatable bonds is 4. The monoisotopic (exact) mass is 257 g/mol. The van der Waals surface area contributed by atoms with Crippen LogP contribution >= 0.6 is 11.8 Å². The Morgan fingerprint density at radius 1 is 1.06 bits per heavy atom. The van der Waals surface area contributed by atoms with Gasteiger partial charge in [-0.05, 0) is 41.5 Å². The highest BCUT2D eigenvalue weighted by Gasteiger charge is 2.10. The van der Waals surface area contributed by atoms with E-state index in [1.165, 1.54) is 21.6 Å². The van der Waals surface area contributed by atoms with Crippen LogP contribution in [0.4, 0.5) is 0 Å². The minimum absolute atomic E-state index is 0.0353. The van der Waals surface area contributed by atoms with Gasteiger partial charge in [-0.15, -0.1) is 11.8 Å². The molecule has 18 heavy (non-hydrogen) atoms. The maximum Gasteiger partial charge on any atom is 0.0554 e. The summed E-state index contributed by atoms with van der Waals surface area (Å²) in [7, 11) is 0. The lowest BCUT2D eigenvalue weighted by molar-refractivity contribution is 0.860. The van der Waals surface area contributed by atoms with E-state index in [1.807, 2.05) is 23.9 Å². The summed E-state index contributed by atoms with van der Waals surface area (Å²) < 4.78 is 0. The van der Waals surface area contributed by atoms with Crippen molar-refractivity contribution in [3.63, 3.8) is 0 Å². The minimum atomic E-state index is -0.0353. The predicted octanol–water partition coefficient (Wildman–Crippen LogP) is 4.16. The van der Waals surface area contributed by atoms with Gasteiger partial charge in [-0.3, -0.25) is 0 Å². The van der Waals surface area contributed by atoms with E-state index in [4.69, 9.17) is 5.73 Å². The molecule has 0 fully saturated rings. The molecule has 0 aromatic heterocycles. The molecule has 2 rings (SSSR count). The van der Waals surface area contributed by atoms with Gasteiger partial charge in [0.1, 0.15) is 0 Å². The van der Waals surface area contributed by atoms with Crippen LogP contribution < -0.4 is 5.73 Å². The molecule has 0 saturated heterocycles. The van der Waals surface area contributed by atoms with Gasteiger partial charge in [0.25, 0.3) is 0 Å². The molecule has 0 heterocycles. The maximum absolute atomic E-state index is 6.33. The second-order valence-electron chi connectivity index (χ2n) is 4.34. The lowest BCUT2D eigenvalue weighted by Gasteiger charge is -2.15. The number of aryl methyl sites for hydroxylation is 1. The first-order valence-corrected chi connectivity index (χ1v) is 7.24. The van der Waals surface area contributed by atoms with E-state index in [0.717, 1.165) is 5.75 Å². The van der Waals surface area contributed by atoms with Gasteiger partial charge in [-0.2, -0.15) is 0 Å². The van der Waals surface area contributed by atoms with E-state index in [1.54, 1.807) is 0 Å². The molecule has 0 spiro atoms. The van der Waals surface area contributed by atoms with Gasteiger partial charge in [0.05, 0.1) is 6.04 Å². The Labute approximate surface area is 113 Å². The average molecular weight is 257 g/mol. The Hall–Kier alpha value is -1.25. The number of benzene rings is 2. The summed E-state index contributed by atoms with van der Waals surface area (Å²) in [4.78, 5) is 1.30. The van der Waals surface area contributed by atoms with Crippen molar-refractivity contribution in [3.05, 3.63) is 65.2 Å². The summed E-state index contributed by atoms with van der Waals surface area (Å²) in [5.41, 5.74) is 9.95. The van der Waals surface area contributed by atoms with E-state index in [-0.39, 0.29) is 6.04 Å². The molecule has 0 radical (unpaired) electrons. The van der Waals surface area contributed by atoms with E-state index in [0.29, 0.717) is 0 Å². The zero-order chi connectivity index (χ0) is 13.0. The van der Waals surface area contributed by atoms with Crippen molar-refractivity contribution in [2.45, 2.75) is 24.8 Å². The zero-order valence-corrected chi connectivity index (χ0v) is 11.7. The van der Waals surface area contributed by atoms with Crippen LogP contribution in [0.15, 0.2) is 53.4 Å². The number of hydrogen-bond donors (Lipinski definition) is 1. The fourth-order valence-corrected chi connectivity index (χ4v) is 2.72. The third-order valence-electron chi connectivity index (χ3n) is 3.07. The molecule has 0 amide bonds. The van der Waals surface area contributed by atoms with E-state index in [9.17, 15) is 0 Å². The van der Waals surface area contributed by atoms with Gasteiger partial charge in [0.2, 0.25) is 0 Å². The lowest BCUT2D eigenvalue weighted by atomic mass is 9.96. The Morgan fingerprint density at radius 3 is 2.33 bits per heavy atom.